The van der Waals surface area contributed by atoms with Crippen molar-refractivity contribution in [1.29, 1.82) is 0 Å². The van der Waals surface area contributed by atoms with Crippen molar-refractivity contribution in [2.45, 2.75) is 11.4 Å². The van der Waals surface area contributed by atoms with Crippen molar-refractivity contribution in [3.63, 3.8) is 0 Å². The van der Waals surface area contributed by atoms with Gasteiger partial charge in [-0.05, 0) is 33.6 Å². The minimum atomic E-state index is -0.847. The molecule has 86 valence electrons. The predicted octanol–water partition coefficient (Wildman–Crippen LogP) is 2.01. The number of carbonyl (C=O) groups is 1. The quantitative estimate of drug-likeness (QED) is 0.279. The number of nitrogens with zero attached hydrogens (tertiary/aromatic N) is 1. The molecule has 0 fully saturated rings. The van der Waals surface area contributed by atoms with Gasteiger partial charge < -0.3 is 4.74 Å². The predicted molar refractivity (Wildman–Crippen MR) is 61.2 cm³/mol. The highest BCUT2D eigenvalue weighted by Gasteiger charge is 2.16. The van der Waals surface area contributed by atoms with Gasteiger partial charge in [-0.1, -0.05) is 12.1 Å². The van der Waals surface area contributed by atoms with Gasteiger partial charge in [-0.3, -0.25) is 10.1 Å². The smallest absolute Gasteiger partial charge is 0.337 e. The minimum absolute atomic E-state index is 0.220. The van der Waals surface area contributed by atoms with Crippen molar-refractivity contribution in [3.05, 3.63) is 45.5 Å². The largest absolute Gasteiger partial charge is 0.465 e. The lowest BCUT2D eigenvalue weighted by Gasteiger charge is -2.04. The molecular weight excluding hydrogens is 278 g/mol. The Morgan fingerprint density at radius 2 is 2.31 bits per heavy atom. The second kappa shape index (κ2) is 5.60. The maximum absolute atomic E-state index is 11.2. The molecule has 6 heteroatoms. The fourth-order valence-corrected chi connectivity index (χ4v) is 1.59. The van der Waals surface area contributed by atoms with Crippen LogP contribution in [-0.2, 0) is 11.2 Å². The molecule has 16 heavy (non-hydrogen) atoms. The normalized spacial score (nSPS) is 11.9. The van der Waals surface area contributed by atoms with E-state index in [4.69, 9.17) is 0 Å². The average molecular weight is 288 g/mol. The maximum Gasteiger partial charge on any atom is 0.337 e. The summed E-state index contributed by atoms with van der Waals surface area (Å²) in [4.78, 5) is 20.4. The van der Waals surface area contributed by atoms with Gasteiger partial charge >= 0.3 is 5.97 Å². The molecule has 0 aliphatic heterocycles. The molecule has 0 saturated heterocycles. The number of rotatable bonds is 4. The second-order valence-electron chi connectivity index (χ2n) is 3.12. The Morgan fingerprint density at radius 1 is 1.62 bits per heavy atom. The standard InChI is InChI=1S/C10H10BrNO4/c1-16-10(13)8-4-2-3-7(5-8)6-9(11)12(14)15/h2-5,9H,6H2,1H3. The number of methoxy groups -OCH3 is 1. The van der Waals surface area contributed by atoms with Crippen LogP contribution < -0.4 is 0 Å². The van der Waals surface area contributed by atoms with Gasteiger partial charge in [0.2, 0.25) is 0 Å². The van der Waals surface area contributed by atoms with Gasteiger partial charge in [-0.25, -0.2) is 4.79 Å². The van der Waals surface area contributed by atoms with Crippen LogP contribution in [0.1, 0.15) is 15.9 Å². The lowest BCUT2D eigenvalue weighted by Crippen LogP contribution is -2.14. The van der Waals surface area contributed by atoms with Crippen LogP contribution in [-0.4, -0.2) is 23.0 Å². The summed E-state index contributed by atoms with van der Waals surface area (Å²) >= 11 is 2.94. The Kier molecular flexibility index (Phi) is 4.42. The average Bonchev–Trinajstić information content (AvgIpc) is 2.28. The Labute approximate surface area is 101 Å². The maximum atomic E-state index is 11.2. The summed E-state index contributed by atoms with van der Waals surface area (Å²) in [5.74, 6) is -0.450. The van der Waals surface area contributed by atoms with Gasteiger partial charge in [0.1, 0.15) is 0 Å². The molecule has 5 nitrogen and oxygen atoms in total. The van der Waals surface area contributed by atoms with Gasteiger partial charge in [0.05, 0.1) is 19.1 Å². The molecule has 0 aliphatic rings. The van der Waals surface area contributed by atoms with E-state index in [1.165, 1.54) is 7.11 Å². The van der Waals surface area contributed by atoms with Crippen molar-refractivity contribution >= 4 is 21.9 Å². The van der Waals surface area contributed by atoms with Gasteiger partial charge in [-0.2, -0.15) is 0 Å². The third-order valence-corrected chi connectivity index (χ3v) is 2.64. The molecule has 0 saturated carbocycles. The van der Waals surface area contributed by atoms with E-state index in [1.54, 1.807) is 24.3 Å². The molecule has 0 bridgehead atoms. The molecule has 1 atom stereocenters. The highest BCUT2D eigenvalue weighted by molar-refractivity contribution is 9.09. The lowest BCUT2D eigenvalue weighted by atomic mass is 10.1. The molecule has 0 spiro atoms. The first-order chi connectivity index (χ1) is 7.54. The van der Waals surface area contributed by atoms with Gasteiger partial charge in [0.15, 0.2) is 0 Å². The van der Waals surface area contributed by atoms with Gasteiger partial charge in [0, 0.05) is 4.92 Å². The number of carbonyl (C=O) groups excluding carboxylic acids is 1. The minimum Gasteiger partial charge on any atom is -0.465 e. The van der Waals surface area contributed by atoms with Crippen LogP contribution in [0.2, 0.25) is 0 Å². The van der Waals surface area contributed by atoms with E-state index in [1.807, 2.05) is 0 Å². The summed E-state index contributed by atoms with van der Waals surface area (Å²) in [6, 6.07) is 6.58. The summed E-state index contributed by atoms with van der Waals surface area (Å²) < 4.78 is 4.56. The van der Waals surface area contributed by atoms with Crippen molar-refractivity contribution in [2.24, 2.45) is 0 Å². The highest BCUT2D eigenvalue weighted by Crippen LogP contribution is 2.13. The topological polar surface area (TPSA) is 69.4 Å². The number of ether oxygens (including phenoxy) is 1. The van der Waals surface area contributed by atoms with E-state index in [0.29, 0.717) is 11.1 Å². The Bertz CT molecular complexity index is 408. The van der Waals surface area contributed by atoms with Crippen LogP contribution in [0.25, 0.3) is 0 Å². The fourth-order valence-electron chi connectivity index (χ4n) is 1.21. The summed E-state index contributed by atoms with van der Waals surface area (Å²) in [5.41, 5.74) is 1.10. The monoisotopic (exact) mass is 287 g/mol. The Hall–Kier alpha value is -1.43. The van der Waals surface area contributed by atoms with E-state index in [-0.39, 0.29) is 6.42 Å². The zero-order chi connectivity index (χ0) is 12.1. The fraction of sp³-hybridized carbons (Fsp3) is 0.300. The van der Waals surface area contributed by atoms with E-state index in [9.17, 15) is 14.9 Å². The zero-order valence-corrected chi connectivity index (χ0v) is 10.1. The summed E-state index contributed by atoms with van der Waals surface area (Å²) in [6.45, 7) is 0. The molecule has 0 aromatic heterocycles. The first-order valence-corrected chi connectivity index (χ1v) is 5.41. The molecule has 1 aromatic rings. The van der Waals surface area contributed by atoms with E-state index >= 15 is 0 Å². The molecule has 0 aliphatic carbocycles. The van der Waals surface area contributed by atoms with Crippen LogP contribution in [0.3, 0.4) is 0 Å². The van der Waals surface area contributed by atoms with Crippen LogP contribution in [0.5, 0.6) is 0 Å². The first-order valence-electron chi connectivity index (χ1n) is 4.49. The molecule has 1 rings (SSSR count). The third kappa shape index (κ3) is 3.30. The van der Waals surface area contributed by atoms with Crippen molar-refractivity contribution < 1.29 is 14.5 Å². The summed E-state index contributed by atoms with van der Waals surface area (Å²) in [7, 11) is 1.29. The molecule has 1 aromatic carbocycles. The number of hydrogen-bond acceptors (Lipinski definition) is 4. The molecule has 0 N–H and O–H groups in total. The van der Waals surface area contributed by atoms with E-state index < -0.39 is 15.8 Å². The van der Waals surface area contributed by atoms with E-state index in [2.05, 4.69) is 20.7 Å². The highest BCUT2D eigenvalue weighted by atomic mass is 79.9. The van der Waals surface area contributed by atoms with E-state index in [0.717, 1.165) is 0 Å². The van der Waals surface area contributed by atoms with Crippen LogP contribution >= 0.6 is 15.9 Å². The first kappa shape index (κ1) is 12.6. The lowest BCUT2D eigenvalue weighted by molar-refractivity contribution is -0.492. The van der Waals surface area contributed by atoms with Crippen LogP contribution in [0.4, 0.5) is 0 Å². The number of halogens is 1. The zero-order valence-electron chi connectivity index (χ0n) is 8.55. The van der Waals surface area contributed by atoms with Crippen LogP contribution in [0.15, 0.2) is 24.3 Å². The summed E-state index contributed by atoms with van der Waals surface area (Å²) in [5, 5.41) is 10.4. The van der Waals surface area contributed by atoms with Crippen molar-refractivity contribution in [1.82, 2.24) is 0 Å². The number of hydrogen-bond donors (Lipinski definition) is 0. The van der Waals surface area contributed by atoms with Crippen molar-refractivity contribution in [2.75, 3.05) is 7.11 Å². The number of esters is 1. The third-order valence-electron chi connectivity index (χ3n) is 1.98. The molecule has 0 heterocycles. The van der Waals surface area contributed by atoms with Gasteiger partial charge in [0.25, 0.3) is 4.95 Å². The number of nitro groups is 1. The van der Waals surface area contributed by atoms with Crippen molar-refractivity contribution in [3.8, 4) is 0 Å². The number of alkyl halides is 1. The second-order valence-corrected chi connectivity index (χ2v) is 4.17. The SMILES string of the molecule is COC(=O)c1cccc(CC(Br)[N+](=O)[O-])c1. The summed E-state index contributed by atoms with van der Waals surface area (Å²) in [6.07, 6.45) is 0.220. The van der Waals surface area contributed by atoms with Crippen LogP contribution in [0, 0.1) is 10.1 Å². The molecule has 0 amide bonds. The Balaban J connectivity index is 2.82. The Morgan fingerprint density at radius 3 is 2.88 bits per heavy atom. The number of benzene rings is 1. The molecule has 1 unspecified atom stereocenters. The molecule has 0 radical (unpaired) electrons. The van der Waals surface area contributed by atoms with Gasteiger partial charge in [-0.15, -0.1) is 0 Å². The molecular formula is C10H10BrNO4.